The average molecular weight is 213 g/mol. The van der Waals surface area contributed by atoms with E-state index in [0.29, 0.717) is 11.0 Å². The quantitative estimate of drug-likeness (QED) is 0.806. The molecular weight excluding hydrogens is 202 g/mol. The Morgan fingerprint density at radius 2 is 2.29 bits per heavy atom. The Morgan fingerprint density at radius 1 is 1.43 bits per heavy atom. The van der Waals surface area contributed by atoms with Gasteiger partial charge >= 0.3 is 0 Å². The maximum atomic E-state index is 5.82. The molecule has 1 unspecified atom stereocenters. The lowest BCUT2D eigenvalue weighted by atomic mass is 10.1. The van der Waals surface area contributed by atoms with E-state index in [0.717, 1.165) is 19.4 Å². The van der Waals surface area contributed by atoms with Crippen LogP contribution in [-0.2, 0) is 0 Å². The predicted molar refractivity (Wildman–Crippen MR) is 53.0 cm³/mol. The highest BCUT2D eigenvalue weighted by Gasteiger charge is 2.16. The van der Waals surface area contributed by atoms with Crippen LogP contribution in [0.5, 0.6) is 5.88 Å². The number of hydrogen-bond donors (Lipinski definition) is 1. The zero-order valence-electron chi connectivity index (χ0n) is 7.61. The molecule has 1 saturated heterocycles. The van der Waals surface area contributed by atoms with Crippen molar-refractivity contribution < 1.29 is 4.74 Å². The maximum Gasteiger partial charge on any atom is 0.252 e. The first-order valence-electron chi connectivity index (χ1n) is 4.54. The van der Waals surface area contributed by atoms with Gasteiger partial charge in [-0.1, -0.05) is 11.6 Å². The normalized spacial score (nSPS) is 18.1. The molecule has 0 spiro atoms. The van der Waals surface area contributed by atoms with Gasteiger partial charge in [0.25, 0.3) is 5.88 Å². The van der Waals surface area contributed by atoms with Gasteiger partial charge in [-0.05, 0) is 13.0 Å². The molecule has 1 aliphatic rings. The highest BCUT2D eigenvalue weighted by atomic mass is 35.5. The SMILES string of the molecule is Clc1nccnc1OC1C[CH]NCC1. The fraction of sp³-hybridized carbons (Fsp3) is 0.444. The van der Waals surface area contributed by atoms with E-state index >= 15 is 0 Å². The third kappa shape index (κ3) is 2.33. The van der Waals surface area contributed by atoms with Gasteiger partial charge in [0, 0.05) is 25.4 Å². The number of aromatic nitrogens is 2. The summed E-state index contributed by atoms with van der Waals surface area (Å²) in [5, 5.41) is 3.47. The number of rotatable bonds is 2. The third-order valence-electron chi connectivity index (χ3n) is 2.04. The first-order valence-corrected chi connectivity index (χ1v) is 4.92. The number of hydrogen-bond acceptors (Lipinski definition) is 4. The standard InChI is InChI=1S/C9H11ClN3O/c10-8-9(13-6-5-12-8)14-7-1-3-11-4-2-7/h3,5-7,11H,1-2,4H2. The van der Waals surface area contributed by atoms with Gasteiger partial charge in [-0.3, -0.25) is 0 Å². The van der Waals surface area contributed by atoms with Gasteiger partial charge in [0.1, 0.15) is 6.10 Å². The smallest absolute Gasteiger partial charge is 0.252 e. The van der Waals surface area contributed by atoms with Gasteiger partial charge < -0.3 is 10.1 Å². The molecule has 0 bridgehead atoms. The monoisotopic (exact) mass is 212 g/mol. The molecule has 14 heavy (non-hydrogen) atoms. The molecule has 1 atom stereocenters. The molecule has 4 nitrogen and oxygen atoms in total. The molecule has 1 aromatic heterocycles. The molecule has 0 aliphatic carbocycles. The second-order valence-corrected chi connectivity index (χ2v) is 3.43. The van der Waals surface area contributed by atoms with E-state index < -0.39 is 0 Å². The van der Waals surface area contributed by atoms with Gasteiger partial charge in [0.2, 0.25) is 0 Å². The summed E-state index contributed by atoms with van der Waals surface area (Å²) >= 11 is 5.82. The molecule has 75 valence electrons. The van der Waals surface area contributed by atoms with Crippen molar-refractivity contribution in [3.63, 3.8) is 0 Å². The highest BCUT2D eigenvalue weighted by molar-refractivity contribution is 6.30. The Labute approximate surface area is 87.7 Å². The molecule has 1 aliphatic heterocycles. The summed E-state index contributed by atoms with van der Waals surface area (Å²) in [5.41, 5.74) is 0. The molecule has 1 N–H and O–H groups in total. The lowest BCUT2D eigenvalue weighted by molar-refractivity contribution is 0.167. The third-order valence-corrected chi connectivity index (χ3v) is 2.30. The van der Waals surface area contributed by atoms with Gasteiger partial charge in [0.15, 0.2) is 5.15 Å². The summed E-state index contributed by atoms with van der Waals surface area (Å²) < 4.78 is 5.61. The number of nitrogens with zero attached hydrogens (tertiary/aromatic N) is 2. The van der Waals surface area contributed by atoms with E-state index in [-0.39, 0.29) is 6.10 Å². The lowest BCUT2D eigenvalue weighted by Crippen LogP contribution is -2.31. The van der Waals surface area contributed by atoms with E-state index in [1.807, 2.05) is 6.54 Å². The van der Waals surface area contributed by atoms with Crippen LogP contribution in [-0.4, -0.2) is 22.6 Å². The minimum absolute atomic E-state index is 0.158. The summed E-state index contributed by atoms with van der Waals surface area (Å²) in [7, 11) is 0. The van der Waals surface area contributed by atoms with Gasteiger partial charge in [-0.15, -0.1) is 0 Å². The lowest BCUT2D eigenvalue weighted by Gasteiger charge is -2.22. The van der Waals surface area contributed by atoms with Crippen molar-refractivity contribution in [1.82, 2.24) is 15.3 Å². The second-order valence-electron chi connectivity index (χ2n) is 3.07. The molecule has 1 fully saturated rings. The molecule has 1 radical (unpaired) electrons. The van der Waals surface area contributed by atoms with Crippen molar-refractivity contribution in [3.8, 4) is 5.88 Å². The second kappa shape index (κ2) is 4.57. The van der Waals surface area contributed by atoms with E-state index in [9.17, 15) is 0 Å². The Balaban J connectivity index is 1.99. The Morgan fingerprint density at radius 3 is 3.00 bits per heavy atom. The fourth-order valence-electron chi connectivity index (χ4n) is 1.33. The Kier molecular flexibility index (Phi) is 3.16. The van der Waals surface area contributed by atoms with Crippen LogP contribution in [0.15, 0.2) is 12.4 Å². The molecule has 1 aromatic rings. The largest absolute Gasteiger partial charge is 0.472 e. The van der Waals surface area contributed by atoms with Crippen molar-refractivity contribution in [2.24, 2.45) is 0 Å². The molecule has 5 heteroatoms. The minimum Gasteiger partial charge on any atom is -0.472 e. The highest BCUT2D eigenvalue weighted by Crippen LogP contribution is 2.21. The molecule has 0 saturated carbocycles. The van der Waals surface area contributed by atoms with Crippen molar-refractivity contribution in [1.29, 1.82) is 0 Å². The summed E-state index contributed by atoms with van der Waals surface area (Å²) in [6, 6.07) is 0. The van der Waals surface area contributed by atoms with Gasteiger partial charge in [-0.2, -0.15) is 0 Å². The molecular formula is C9H11ClN3O. The topological polar surface area (TPSA) is 47.0 Å². The minimum atomic E-state index is 0.158. The van der Waals surface area contributed by atoms with E-state index in [1.54, 1.807) is 12.4 Å². The van der Waals surface area contributed by atoms with Gasteiger partial charge in [-0.25, -0.2) is 9.97 Å². The number of halogens is 1. The van der Waals surface area contributed by atoms with Crippen molar-refractivity contribution in [3.05, 3.63) is 24.1 Å². The van der Waals surface area contributed by atoms with Crippen LogP contribution in [0, 0.1) is 6.54 Å². The van der Waals surface area contributed by atoms with Crippen LogP contribution in [0.1, 0.15) is 12.8 Å². The van der Waals surface area contributed by atoms with Crippen LogP contribution in [0.2, 0.25) is 5.15 Å². The Bertz CT molecular complexity index is 302. The van der Waals surface area contributed by atoms with Crippen LogP contribution in [0.25, 0.3) is 0 Å². The maximum absolute atomic E-state index is 5.82. The molecule has 0 aromatic carbocycles. The van der Waals surface area contributed by atoms with Crippen molar-refractivity contribution in [2.45, 2.75) is 18.9 Å². The fourth-order valence-corrected chi connectivity index (χ4v) is 1.48. The number of ether oxygens (including phenoxy) is 1. The van der Waals surface area contributed by atoms with Crippen LogP contribution < -0.4 is 10.1 Å². The number of piperidine rings is 1. The van der Waals surface area contributed by atoms with Crippen LogP contribution >= 0.6 is 11.6 Å². The van der Waals surface area contributed by atoms with E-state index in [1.165, 1.54) is 0 Å². The summed E-state index contributed by atoms with van der Waals surface area (Å²) in [4.78, 5) is 7.92. The number of nitrogens with one attached hydrogen (secondary N) is 1. The van der Waals surface area contributed by atoms with Crippen LogP contribution in [0.4, 0.5) is 0 Å². The summed E-state index contributed by atoms with van der Waals surface area (Å²) in [6.07, 6.45) is 5.11. The zero-order valence-corrected chi connectivity index (χ0v) is 8.37. The average Bonchev–Trinajstić information content (AvgIpc) is 2.23. The van der Waals surface area contributed by atoms with Crippen molar-refractivity contribution in [2.75, 3.05) is 6.54 Å². The summed E-state index contributed by atoms with van der Waals surface area (Å²) in [5.74, 6) is 0.425. The Hall–Kier alpha value is -0.870. The first kappa shape index (κ1) is 9.68. The van der Waals surface area contributed by atoms with Crippen LogP contribution in [0.3, 0.4) is 0 Å². The van der Waals surface area contributed by atoms with E-state index in [2.05, 4.69) is 15.3 Å². The molecule has 0 amide bonds. The van der Waals surface area contributed by atoms with E-state index in [4.69, 9.17) is 16.3 Å². The molecule has 2 heterocycles. The molecule has 2 rings (SSSR count). The predicted octanol–water partition coefficient (Wildman–Crippen LogP) is 1.42. The van der Waals surface area contributed by atoms with Gasteiger partial charge in [0.05, 0.1) is 0 Å². The summed E-state index contributed by atoms with van der Waals surface area (Å²) in [6.45, 7) is 2.93. The first-order chi connectivity index (χ1) is 6.86. The van der Waals surface area contributed by atoms with Crippen molar-refractivity contribution >= 4 is 11.6 Å². The zero-order chi connectivity index (χ0) is 9.80.